The lowest BCUT2D eigenvalue weighted by Gasteiger charge is -2.14. The lowest BCUT2D eigenvalue weighted by Crippen LogP contribution is -2.15. The van der Waals surface area contributed by atoms with E-state index in [0.717, 1.165) is 10.3 Å². The third-order valence-corrected chi connectivity index (χ3v) is 4.57. The number of nitrogens with zero attached hydrogens (tertiary/aromatic N) is 2. The Bertz CT molecular complexity index is 820. The summed E-state index contributed by atoms with van der Waals surface area (Å²) < 4.78 is 0.887. The highest BCUT2D eigenvalue weighted by atomic mass is 32.1. The van der Waals surface area contributed by atoms with Crippen LogP contribution in [0.5, 0.6) is 0 Å². The maximum absolute atomic E-state index is 10.8. The molecule has 0 spiro atoms. The summed E-state index contributed by atoms with van der Waals surface area (Å²) in [6, 6.07) is 14.4. The normalized spacial score (nSPS) is 12.2. The van der Waals surface area contributed by atoms with Crippen LogP contribution < -0.4 is 5.32 Å². The first-order valence-electron chi connectivity index (χ1n) is 7.12. The van der Waals surface area contributed by atoms with E-state index in [1.165, 1.54) is 23.5 Å². The van der Waals surface area contributed by atoms with Gasteiger partial charge in [-0.15, -0.1) is 0 Å². The molecule has 0 aliphatic carbocycles. The first-order valence-corrected chi connectivity index (χ1v) is 7.93. The van der Waals surface area contributed by atoms with Gasteiger partial charge in [0.25, 0.3) is 5.69 Å². The highest BCUT2D eigenvalue weighted by Gasteiger charge is 2.13. The number of benzene rings is 2. The predicted molar refractivity (Wildman–Crippen MR) is 91.0 cm³/mol. The molecular formula is C16H15N3O3S. The summed E-state index contributed by atoms with van der Waals surface area (Å²) in [6.07, 6.45) is 0. The van der Waals surface area contributed by atoms with E-state index < -0.39 is 4.92 Å². The molecule has 0 amide bonds. The van der Waals surface area contributed by atoms with E-state index in [9.17, 15) is 15.2 Å². The van der Waals surface area contributed by atoms with Gasteiger partial charge in [0.15, 0.2) is 5.13 Å². The molecule has 0 aliphatic rings. The SMILES string of the molecule is O=[N+]([O-])c1ccc2sc(NCC(CO)c3ccccc3)nc2c1. The van der Waals surface area contributed by atoms with E-state index in [0.29, 0.717) is 17.2 Å². The predicted octanol–water partition coefficient (Wildman–Crippen LogP) is 3.39. The number of fused-ring (bicyclic) bond motifs is 1. The molecule has 118 valence electrons. The molecular weight excluding hydrogens is 314 g/mol. The number of aliphatic hydroxyl groups is 1. The van der Waals surface area contributed by atoms with Crippen LogP contribution in [0.25, 0.3) is 10.2 Å². The lowest BCUT2D eigenvalue weighted by atomic mass is 10.0. The number of hydrogen-bond acceptors (Lipinski definition) is 6. The second-order valence-electron chi connectivity index (χ2n) is 5.10. The second-order valence-corrected chi connectivity index (χ2v) is 6.13. The van der Waals surface area contributed by atoms with Gasteiger partial charge < -0.3 is 10.4 Å². The van der Waals surface area contributed by atoms with Crippen molar-refractivity contribution in [2.24, 2.45) is 0 Å². The van der Waals surface area contributed by atoms with Gasteiger partial charge in [0.05, 0.1) is 21.7 Å². The van der Waals surface area contributed by atoms with Gasteiger partial charge in [-0.1, -0.05) is 41.7 Å². The fourth-order valence-corrected chi connectivity index (χ4v) is 3.18. The maximum Gasteiger partial charge on any atom is 0.271 e. The molecule has 1 unspecified atom stereocenters. The first-order chi connectivity index (χ1) is 11.2. The Hall–Kier alpha value is -2.51. The molecule has 0 aliphatic heterocycles. The number of anilines is 1. The Morgan fingerprint density at radius 2 is 2.04 bits per heavy atom. The van der Waals surface area contributed by atoms with Gasteiger partial charge in [-0.3, -0.25) is 10.1 Å². The highest BCUT2D eigenvalue weighted by Crippen LogP contribution is 2.29. The number of thiazole rings is 1. The van der Waals surface area contributed by atoms with Crippen molar-refractivity contribution in [1.29, 1.82) is 0 Å². The summed E-state index contributed by atoms with van der Waals surface area (Å²) in [6.45, 7) is 0.579. The number of nitrogens with one attached hydrogen (secondary N) is 1. The minimum absolute atomic E-state index is 0.0300. The van der Waals surface area contributed by atoms with Crippen molar-refractivity contribution in [2.75, 3.05) is 18.5 Å². The van der Waals surface area contributed by atoms with E-state index in [1.807, 2.05) is 30.3 Å². The Morgan fingerprint density at radius 3 is 2.74 bits per heavy atom. The first kappa shape index (κ1) is 15.4. The summed E-state index contributed by atoms with van der Waals surface area (Å²) in [5, 5.41) is 24.3. The topological polar surface area (TPSA) is 88.3 Å². The fraction of sp³-hybridized carbons (Fsp3) is 0.188. The van der Waals surface area contributed by atoms with Gasteiger partial charge in [0, 0.05) is 24.6 Å². The third-order valence-electron chi connectivity index (χ3n) is 3.57. The summed E-state index contributed by atoms with van der Waals surface area (Å²) in [5.74, 6) is -0.0300. The average molecular weight is 329 g/mol. The summed E-state index contributed by atoms with van der Waals surface area (Å²) in [7, 11) is 0. The van der Waals surface area contributed by atoms with Crippen molar-refractivity contribution in [3.8, 4) is 0 Å². The van der Waals surface area contributed by atoms with Crippen molar-refractivity contribution < 1.29 is 10.0 Å². The average Bonchev–Trinajstić information content (AvgIpc) is 2.98. The van der Waals surface area contributed by atoms with Crippen LogP contribution in [0.2, 0.25) is 0 Å². The number of aromatic nitrogens is 1. The largest absolute Gasteiger partial charge is 0.396 e. The fourth-order valence-electron chi connectivity index (χ4n) is 2.33. The van der Waals surface area contributed by atoms with E-state index >= 15 is 0 Å². The minimum atomic E-state index is -0.427. The van der Waals surface area contributed by atoms with Crippen LogP contribution >= 0.6 is 11.3 Å². The Morgan fingerprint density at radius 1 is 1.26 bits per heavy atom. The van der Waals surface area contributed by atoms with Crippen molar-refractivity contribution >= 4 is 32.4 Å². The quantitative estimate of drug-likeness (QED) is 0.534. The Balaban J connectivity index is 1.75. The zero-order valence-corrected chi connectivity index (χ0v) is 13.0. The third kappa shape index (κ3) is 3.46. The van der Waals surface area contributed by atoms with E-state index in [1.54, 1.807) is 6.07 Å². The van der Waals surface area contributed by atoms with Gasteiger partial charge in [0.1, 0.15) is 0 Å². The molecule has 0 radical (unpaired) electrons. The number of non-ortho nitro benzene ring substituents is 1. The van der Waals surface area contributed by atoms with E-state index in [-0.39, 0.29) is 18.2 Å². The molecule has 0 bridgehead atoms. The molecule has 2 N–H and O–H groups in total. The number of nitro groups is 1. The van der Waals surface area contributed by atoms with Crippen LogP contribution in [0.4, 0.5) is 10.8 Å². The molecule has 0 saturated heterocycles. The standard InChI is InChI=1S/C16H15N3O3S/c20-10-12(11-4-2-1-3-5-11)9-17-16-18-14-8-13(19(21)22)6-7-15(14)23-16/h1-8,12,20H,9-10H2,(H,17,18). The van der Waals surface area contributed by atoms with Crippen LogP contribution in [-0.4, -0.2) is 28.2 Å². The molecule has 23 heavy (non-hydrogen) atoms. The molecule has 3 rings (SSSR count). The van der Waals surface area contributed by atoms with Crippen LogP contribution in [-0.2, 0) is 0 Å². The molecule has 7 heteroatoms. The van der Waals surface area contributed by atoms with Crippen molar-refractivity contribution in [3.05, 3.63) is 64.2 Å². The second kappa shape index (κ2) is 6.72. The summed E-state index contributed by atoms with van der Waals surface area (Å²) in [5.41, 5.74) is 1.69. The number of rotatable bonds is 6. The number of hydrogen-bond donors (Lipinski definition) is 2. The Labute approximate surface area is 136 Å². The van der Waals surface area contributed by atoms with Crippen LogP contribution in [0.15, 0.2) is 48.5 Å². The summed E-state index contributed by atoms with van der Waals surface area (Å²) >= 11 is 1.44. The highest BCUT2D eigenvalue weighted by molar-refractivity contribution is 7.22. The lowest BCUT2D eigenvalue weighted by molar-refractivity contribution is -0.384. The van der Waals surface area contributed by atoms with E-state index in [4.69, 9.17) is 0 Å². The van der Waals surface area contributed by atoms with Gasteiger partial charge in [-0.25, -0.2) is 4.98 Å². The monoisotopic (exact) mass is 329 g/mol. The molecule has 1 aromatic heterocycles. The van der Waals surface area contributed by atoms with Gasteiger partial charge in [-0.2, -0.15) is 0 Å². The smallest absolute Gasteiger partial charge is 0.271 e. The van der Waals surface area contributed by atoms with Gasteiger partial charge >= 0.3 is 0 Å². The molecule has 3 aromatic rings. The maximum atomic E-state index is 10.8. The van der Waals surface area contributed by atoms with Gasteiger partial charge in [-0.05, 0) is 11.6 Å². The molecule has 1 atom stereocenters. The van der Waals surface area contributed by atoms with Crippen molar-refractivity contribution in [3.63, 3.8) is 0 Å². The molecule has 0 fully saturated rings. The number of nitro benzene ring substituents is 1. The Kier molecular flexibility index (Phi) is 4.50. The molecule has 2 aromatic carbocycles. The van der Waals surface area contributed by atoms with Crippen molar-refractivity contribution in [1.82, 2.24) is 4.98 Å². The zero-order chi connectivity index (χ0) is 16.2. The van der Waals surface area contributed by atoms with E-state index in [2.05, 4.69) is 10.3 Å². The van der Waals surface area contributed by atoms with Crippen LogP contribution in [0.3, 0.4) is 0 Å². The number of aliphatic hydroxyl groups excluding tert-OH is 1. The summed E-state index contributed by atoms with van der Waals surface area (Å²) in [4.78, 5) is 14.7. The van der Waals surface area contributed by atoms with Crippen LogP contribution in [0.1, 0.15) is 11.5 Å². The molecule has 6 nitrogen and oxygen atoms in total. The van der Waals surface area contributed by atoms with Gasteiger partial charge in [0.2, 0.25) is 0 Å². The molecule has 1 heterocycles. The minimum Gasteiger partial charge on any atom is -0.396 e. The molecule has 0 saturated carbocycles. The van der Waals surface area contributed by atoms with Crippen molar-refractivity contribution in [2.45, 2.75) is 5.92 Å². The zero-order valence-electron chi connectivity index (χ0n) is 12.2. The van der Waals surface area contributed by atoms with Crippen LogP contribution in [0, 0.1) is 10.1 Å².